The number of pyridine rings is 1. The molecule has 1 fully saturated rings. The molecular formula is C25H30FN3O4. The van der Waals surface area contributed by atoms with E-state index in [4.69, 9.17) is 19.2 Å². The smallest absolute Gasteiger partial charge is 0.204 e. The summed E-state index contributed by atoms with van der Waals surface area (Å²) in [5.74, 6) is 2.15. The average molecular weight is 456 g/mol. The van der Waals surface area contributed by atoms with Crippen molar-refractivity contribution in [3.05, 3.63) is 53.3 Å². The molecule has 1 unspecified atom stereocenters. The summed E-state index contributed by atoms with van der Waals surface area (Å²) in [5.41, 5.74) is 2.54. The van der Waals surface area contributed by atoms with Gasteiger partial charge in [0.2, 0.25) is 5.75 Å². The third-order valence-electron chi connectivity index (χ3n) is 5.91. The molecule has 176 valence electrons. The van der Waals surface area contributed by atoms with E-state index in [0.29, 0.717) is 42.4 Å². The topological polar surface area (TPSA) is 76.1 Å². The molecule has 1 aliphatic rings. The van der Waals surface area contributed by atoms with E-state index >= 15 is 0 Å². The van der Waals surface area contributed by atoms with Crippen molar-refractivity contribution < 1.29 is 23.7 Å². The van der Waals surface area contributed by atoms with Gasteiger partial charge in [-0.2, -0.15) is 0 Å². The number of benzene rings is 2. The second kappa shape index (κ2) is 10.2. The van der Waals surface area contributed by atoms with Crippen molar-refractivity contribution in [1.29, 1.82) is 0 Å². The lowest BCUT2D eigenvalue weighted by molar-refractivity contribution is 0.154. The van der Waals surface area contributed by atoms with Gasteiger partial charge in [-0.3, -0.25) is 0 Å². The predicted molar refractivity (Wildman–Crippen MR) is 126 cm³/mol. The van der Waals surface area contributed by atoms with Crippen LogP contribution in [0.15, 0.2) is 36.4 Å². The van der Waals surface area contributed by atoms with Gasteiger partial charge in [0.15, 0.2) is 11.5 Å². The number of ether oxygens (including phenoxy) is 3. The number of aliphatic hydroxyl groups is 1. The lowest BCUT2D eigenvalue weighted by atomic mass is 10.1. The van der Waals surface area contributed by atoms with Crippen LogP contribution in [0, 0.1) is 5.82 Å². The highest BCUT2D eigenvalue weighted by Crippen LogP contribution is 2.44. The molecule has 8 heteroatoms. The molecule has 0 spiro atoms. The van der Waals surface area contributed by atoms with Gasteiger partial charge in [-0.15, -0.1) is 0 Å². The number of rotatable bonds is 8. The van der Waals surface area contributed by atoms with Crippen LogP contribution < -0.4 is 24.4 Å². The molecule has 33 heavy (non-hydrogen) atoms. The number of aliphatic hydroxyl groups excluding tert-OH is 1. The van der Waals surface area contributed by atoms with E-state index in [1.165, 1.54) is 12.1 Å². The minimum atomic E-state index is -0.385. The van der Waals surface area contributed by atoms with E-state index < -0.39 is 0 Å². The summed E-state index contributed by atoms with van der Waals surface area (Å²) in [6.07, 6.45) is 1.30. The Morgan fingerprint density at radius 2 is 1.91 bits per heavy atom. The second-order valence-electron chi connectivity index (χ2n) is 8.16. The van der Waals surface area contributed by atoms with E-state index in [-0.39, 0.29) is 11.9 Å². The first-order valence-corrected chi connectivity index (χ1v) is 11.0. The van der Waals surface area contributed by atoms with Crippen molar-refractivity contribution in [3.63, 3.8) is 0 Å². The van der Waals surface area contributed by atoms with Crippen LogP contribution in [-0.4, -0.2) is 50.6 Å². The van der Waals surface area contributed by atoms with Gasteiger partial charge in [0.25, 0.3) is 0 Å². The van der Waals surface area contributed by atoms with Crippen LogP contribution in [0.5, 0.6) is 17.2 Å². The fraction of sp³-hybridized carbons (Fsp3) is 0.400. The number of anilines is 1. The number of hydrogen-bond donors (Lipinski definition) is 2. The molecule has 0 aliphatic carbocycles. The number of piperidine rings is 1. The zero-order valence-electron chi connectivity index (χ0n) is 19.2. The fourth-order valence-corrected chi connectivity index (χ4v) is 4.36. The SMILES string of the molecule is COc1cc2nc(N3CCCC(O)C3)c(CNCc3cccc(F)c3)cc2c(OC)c1OC. The summed E-state index contributed by atoms with van der Waals surface area (Å²) in [6.45, 7) is 2.37. The number of hydrogen-bond acceptors (Lipinski definition) is 7. The normalized spacial score (nSPS) is 16.2. The Labute approximate surface area is 193 Å². The summed E-state index contributed by atoms with van der Waals surface area (Å²) in [4.78, 5) is 7.09. The van der Waals surface area contributed by atoms with Crippen molar-refractivity contribution in [1.82, 2.24) is 10.3 Å². The van der Waals surface area contributed by atoms with Gasteiger partial charge in [-0.05, 0) is 36.6 Å². The van der Waals surface area contributed by atoms with Gasteiger partial charge in [0.05, 0.1) is 33.0 Å². The highest BCUT2D eigenvalue weighted by atomic mass is 19.1. The maximum atomic E-state index is 13.5. The first-order chi connectivity index (χ1) is 16.0. The molecule has 2 aromatic carbocycles. The summed E-state index contributed by atoms with van der Waals surface area (Å²) in [7, 11) is 4.74. The Kier molecular flexibility index (Phi) is 7.15. The zero-order valence-corrected chi connectivity index (χ0v) is 19.2. The van der Waals surface area contributed by atoms with Crippen LogP contribution in [0.2, 0.25) is 0 Å². The number of methoxy groups -OCH3 is 3. The number of nitrogens with zero attached hydrogens (tertiary/aromatic N) is 2. The van der Waals surface area contributed by atoms with Crippen molar-refractivity contribution in [2.24, 2.45) is 0 Å². The molecule has 0 saturated carbocycles. The average Bonchev–Trinajstić information content (AvgIpc) is 2.82. The molecule has 1 aromatic heterocycles. The highest BCUT2D eigenvalue weighted by molar-refractivity contribution is 5.92. The monoisotopic (exact) mass is 455 g/mol. The van der Waals surface area contributed by atoms with Crippen LogP contribution in [0.25, 0.3) is 10.9 Å². The Balaban J connectivity index is 1.74. The quantitative estimate of drug-likeness (QED) is 0.537. The summed E-state index contributed by atoms with van der Waals surface area (Å²) >= 11 is 0. The lowest BCUT2D eigenvalue weighted by Gasteiger charge is -2.32. The van der Waals surface area contributed by atoms with Gasteiger partial charge in [0, 0.05) is 43.2 Å². The zero-order chi connectivity index (χ0) is 23.4. The molecule has 3 aromatic rings. The van der Waals surface area contributed by atoms with Gasteiger partial charge in [0.1, 0.15) is 11.6 Å². The Hall–Kier alpha value is -3.10. The number of halogens is 1. The molecule has 2 N–H and O–H groups in total. The van der Waals surface area contributed by atoms with Crippen molar-refractivity contribution in [2.75, 3.05) is 39.3 Å². The molecule has 1 saturated heterocycles. The first kappa shape index (κ1) is 23.1. The van der Waals surface area contributed by atoms with E-state index in [1.54, 1.807) is 27.4 Å². The number of aromatic nitrogens is 1. The molecule has 4 rings (SSSR count). The largest absolute Gasteiger partial charge is 0.493 e. The van der Waals surface area contributed by atoms with Crippen LogP contribution in [0.4, 0.5) is 10.2 Å². The highest BCUT2D eigenvalue weighted by Gasteiger charge is 2.24. The molecule has 0 radical (unpaired) electrons. The third-order valence-corrected chi connectivity index (χ3v) is 5.91. The summed E-state index contributed by atoms with van der Waals surface area (Å²) < 4.78 is 30.3. The minimum absolute atomic E-state index is 0.254. The standard InChI is InChI=1S/C25H30FN3O4/c1-31-22-12-21-20(23(32-2)24(22)33-3)11-17(14-27-13-16-6-4-7-18(26)10-16)25(28-21)29-9-5-8-19(30)15-29/h4,6-7,10-12,19,27,30H,5,8-9,13-15H2,1-3H3. The third kappa shape index (κ3) is 4.96. The van der Waals surface area contributed by atoms with E-state index in [9.17, 15) is 9.50 Å². The van der Waals surface area contributed by atoms with E-state index in [2.05, 4.69) is 10.2 Å². The number of nitrogens with one attached hydrogen (secondary N) is 1. The number of fused-ring (bicyclic) bond motifs is 1. The van der Waals surface area contributed by atoms with Crippen LogP contribution >= 0.6 is 0 Å². The molecule has 1 aliphatic heterocycles. The molecule has 0 bridgehead atoms. The summed E-state index contributed by atoms with van der Waals surface area (Å²) in [5, 5.41) is 14.5. The number of β-amino-alcohol motifs (C(OH)–C–C–N with tert-alkyl or cyclic N) is 1. The maximum Gasteiger partial charge on any atom is 0.204 e. The van der Waals surface area contributed by atoms with Crippen molar-refractivity contribution in [2.45, 2.75) is 32.0 Å². The summed E-state index contributed by atoms with van der Waals surface area (Å²) in [6, 6.07) is 10.4. The molecule has 1 atom stereocenters. The van der Waals surface area contributed by atoms with Gasteiger partial charge in [-0.1, -0.05) is 12.1 Å². The van der Waals surface area contributed by atoms with Gasteiger partial charge in [-0.25, -0.2) is 9.37 Å². The van der Waals surface area contributed by atoms with Crippen LogP contribution in [-0.2, 0) is 13.1 Å². The van der Waals surface area contributed by atoms with Crippen molar-refractivity contribution in [3.8, 4) is 17.2 Å². The van der Waals surface area contributed by atoms with Crippen molar-refractivity contribution >= 4 is 16.7 Å². The second-order valence-corrected chi connectivity index (χ2v) is 8.16. The molecule has 7 nitrogen and oxygen atoms in total. The molecule has 2 heterocycles. The maximum absolute atomic E-state index is 13.5. The van der Waals surface area contributed by atoms with E-state index in [1.807, 2.05) is 18.2 Å². The fourth-order valence-electron chi connectivity index (χ4n) is 4.36. The van der Waals surface area contributed by atoms with Crippen LogP contribution in [0.3, 0.4) is 0 Å². The molecular weight excluding hydrogens is 425 g/mol. The Morgan fingerprint density at radius 1 is 1.09 bits per heavy atom. The minimum Gasteiger partial charge on any atom is -0.493 e. The van der Waals surface area contributed by atoms with E-state index in [0.717, 1.165) is 41.7 Å². The van der Waals surface area contributed by atoms with Gasteiger partial charge < -0.3 is 29.5 Å². The Morgan fingerprint density at radius 3 is 2.61 bits per heavy atom. The molecule has 0 amide bonds. The Bertz CT molecular complexity index is 1120. The first-order valence-electron chi connectivity index (χ1n) is 11.0. The van der Waals surface area contributed by atoms with Crippen LogP contribution in [0.1, 0.15) is 24.0 Å². The lowest BCUT2D eigenvalue weighted by Crippen LogP contribution is -2.39. The van der Waals surface area contributed by atoms with Gasteiger partial charge >= 0.3 is 0 Å². The predicted octanol–water partition coefficient (Wildman–Crippen LogP) is 3.65.